The lowest BCUT2D eigenvalue weighted by molar-refractivity contribution is -0.123. The summed E-state index contributed by atoms with van der Waals surface area (Å²) in [4.78, 5) is 14.2. The number of carbonyl (C=O) groups excluding carboxylic acids is 1. The monoisotopic (exact) mass is 452 g/mol. The number of ether oxygens (including phenoxy) is 2. The third kappa shape index (κ3) is 4.59. The minimum absolute atomic E-state index is 0.0312. The molecule has 2 aromatic rings. The molecule has 152 valence electrons. The number of hydrogen-bond donors (Lipinski definition) is 1. The molecule has 1 amide bonds. The molecule has 9 heteroatoms. The lowest BCUT2D eigenvalue weighted by Gasteiger charge is -2.18. The summed E-state index contributed by atoms with van der Waals surface area (Å²) in [6, 6.07) is 8.69. The van der Waals surface area contributed by atoms with Gasteiger partial charge in [0.2, 0.25) is 0 Å². The molecule has 6 nitrogen and oxygen atoms in total. The van der Waals surface area contributed by atoms with E-state index < -0.39 is 0 Å². The van der Waals surface area contributed by atoms with E-state index in [1.54, 1.807) is 36.4 Å². The molecule has 2 saturated heterocycles. The zero-order chi connectivity index (χ0) is 20.4. The minimum Gasteiger partial charge on any atom is -0.484 e. The van der Waals surface area contributed by atoms with Crippen LogP contribution in [0.4, 0.5) is 0 Å². The van der Waals surface area contributed by atoms with Gasteiger partial charge < -0.3 is 19.2 Å². The molecule has 3 heterocycles. The molecule has 0 saturated carbocycles. The van der Waals surface area contributed by atoms with Gasteiger partial charge in [-0.2, -0.15) is 0 Å². The summed E-state index contributed by atoms with van der Waals surface area (Å²) in [6.07, 6.45) is 3.60. The van der Waals surface area contributed by atoms with E-state index in [-0.39, 0.29) is 18.6 Å². The van der Waals surface area contributed by atoms with E-state index in [0.717, 1.165) is 19.4 Å². The molecule has 29 heavy (non-hydrogen) atoms. The lowest BCUT2D eigenvalue weighted by atomic mass is 10.2. The van der Waals surface area contributed by atoms with Crippen LogP contribution in [0.5, 0.6) is 5.75 Å². The maximum atomic E-state index is 12.7. The standard InChI is InChI=1S/C20H18Cl2N2O4S/c21-15-4-1-5-17(18(15)22)27-11-14-7-6-12(28-14)9-16-19(25)24(20(29)23-16)10-13-3-2-8-26-13/h1,4-7,9,13H,2-3,8,10-11H2,(H,23,29)/b16-9+. The Kier molecular flexibility index (Phi) is 6.10. The Morgan fingerprint density at radius 3 is 2.97 bits per heavy atom. The van der Waals surface area contributed by atoms with Gasteiger partial charge >= 0.3 is 0 Å². The van der Waals surface area contributed by atoms with Gasteiger partial charge in [-0.25, -0.2) is 0 Å². The number of nitrogens with zero attached hydrogens (tertiary/aromatic N) is 1. The second-order valence-corrected chi connectivity index (χ2v) is 7.86. The normalized spacial score (nSPS) is 20.6. The summed E-state index contributed by atoms with van der Waals surface area (Å²) < 4.78 is 17.0. The van der Waals surface area contributed by atoms with Gasteiger partial charge in [0.15, 0.2) is 5.11 Å². The van der Waals surface area contributed by atoms with E-state index in [0.29, 0.717) is 44.7 Å². The van der Waals surface area contributed by atoms with Crippen molar-refractivity contribution in [3.8, 4) is 5.75 Å². The molecule has 1 atom stereocenters. The molecule has 1 aromatic heterocycles. The number of benzene rings is 1. The fraction of sp³-hybridized carbons (Fsp3) is 0.300. The Hall–Kier alpha value is -2.06. The van der Waals surface area contributed by atoms with Crippen molar-refractivity contribution in [2.75, 3.05) is 13.2 Å². The lowest BCUT2D eigenvalue weighted by Crippen LogP contribution is -2.37. The number of amides is 1. The van der Waals surface area contributed by atoms with E-state index in [4.69, 9.17) is 49.3 Å². The quantitative estimate of drug-likeness (QED) is 0.517. The van der Waals surface area contributed by atoms with Crippen LogP contribution in [-0.4, -0.2) is 35.2 Å². The largest absolute Gasteiger partial charge is 0.484 e. The number of rotatable bonds is 6. The summed E-state index contributed by atoms with van der Waals surface area (Å²) in [5.74, 6) is 1.37. The topological polar surface area (TPSA) is 63.9 Å². The predicted octanol–water partition coefficient (Wildman–Crippen LogP) is 4.40. The average Bonchev–Trinajstić information content (AvgIpc) is 3.42. The van der Waals surface area contributed by atoms with E-state index >= 15 is 0 Å². The molecule has 2 aliphatic rings. The highest BCUT2D eigenvalue weighted by atomic mass is 35.5. The molecule has 0 radical (unpaired) electrons. The van der Waals surface area contributed by atoms with Crippen molar-refractivity contribution in [2.24, 2.45) is 0 Å². The van der Waals surface area contributed by atoms with Crippen molar-refractivity contribution in [3.05, 3.63) is 57.6 Å². The van der Waals surface area contributed by atoms with Crippen LogP contribution in [0.25, 0.3) is 6.08 Å². The number of hydrogen-bond acceptors (Lipinski definition) is 5. The maximum Gasteiger partial charge on any atom is 0.276 e. The first-order valence-corrected chi connectivity index (χ1v) is 10.3. The van der Waals surface area contributed by atoms with Crippen molar-refractivity contribution in [3.63, 3.8) is 0 Å². The van der Waals surface area contributed by atoms with Crippen molar-refractivity contribution in [1.82, 2.24) is 10.2 Å². The summed E-state index contributed by atoms with van der Waals surface area (Å²) >= 11 is 17.4. The van der Waals surface area contributed by atoms with E-state index in [1.807, 2.05) is 0 Å². The van der Waals surface area contributed by atoms with Crippen LogP contribution in [0.2, 0.25) is 10.0 Å². The molecule has 1 unspecified atom stereocenters. The average molecular weight is 453 g/mol. The van der Waals surface area contributed by atoms with Crippen LogP contribution in [0.1, 0.15) is 24.4 Å². The van der Waals surface area contributed by atoms with Crippen LogP contribution < -0.4 is 10.1 Å². The fourth-order valence-corrected chi connectivity index (χ4v) is 3.78. The van der Waals surface area contributed by atoms with Crippen LogP contribution in [0.15, 0.2) is 40.4 Å². The SMILES string of the molecule is O=C1/C(=C\c2ccc(COc3cccc(Cl)c3Cl)o2)NC(=S)N1CC1CCCO1. The molecule has 4 rings (SSSR count). The first-order valence-electron chi connectivity index (χ1n) is 9.13. The first kappa shape index (κ1) is 20.2. The van der Waals surface area contributed by atoms with Crippen LogP contribution >= 0.6 is 35.4 Å². The van der Waals surface area contributed by atoms with Crippen molar-refractivity contribution in [2.45, 2.75) is 25.6 Å². The Morgan fingerprint density at radius 1 is 1.31 bits per heavy atom. The van der Waals surface area contributed by atoms with Crippen molar-refractivity contribution in [1.29, 1.82) is 0 Å². The molecule has 0 spiro atoms. The zero-order valence-corrected chi connectivity index (χ0v) is 17.6. The van der Waals surface area contributed by atoms with Crippen LogP contribution in [-0.2, 0) is 16.1 Å². The fourth-order valence-electron chi connectivity index (χ4n) is 3.17. The van der Waals surface area contributed by atoms with Gasteiger partial charge in [-0.3, -0.25) is 9.69 Å². The Balaban J connectivity index is 1.40. The molecule has 1 aromatic carbocycles. The van der Waals surface area contributed by atoms with Crippen LogP contribution in [0, 0.1) is 0 Å². The molecular weight excluding hydrogens is 435 g/mol. The van der Waals surface area contributed by atoms with Crippen molar-refractivity contribution >= 4 is 52.5 Å². The molecule has 1 N–H and O–H groups in total. The second-order valence-electron chi connectivity index (χ2n) is 6.68. The third-order valence-electron chi connectivity index (χ3n) is 4.63. The van der Waals surface area contributed by atoms with Gasteiger partial charge in [0.25, 0.3) is 5.91 Å². The smallest absolute Gasteiger partial charge is 0.276 e. The number of nitrogens with one attached hydrogen (secondary N) is 1. The first-order chi connectivity index (χ1) is 14.0. The highest BCUT2D eigenvalue weighted by Crippen LogP contribution is 2.32. The van der Waals surface area contributed by atoms with Crippen LogP contribution in [0.3, 0.4) is 0 Å². The number of furan rings is 1. The number of halogens is 2. The van der Waals surface area contributed by atoms with Gasteiger partial charge in [-0.1, -0.05) is 29.3 Å². The van der Waals surface area contributed by atoms with Gasteiger partial charge in [-0.05, 0) is 49.3 Å². The van der Waals surface area contributed by atoms with Gasteiger partial charge in [0.1, 0.15) is 34.6 Å². The second kappa shape index (κ2) is 8.75. The zero-order valence-electron chi connectivity index (χ0n) is 15.3. The molecular formula is C20H18Cl2N2O4S. The minimum atomic E-state index is -0.189. The summed E-state index contributed by atoms with van der Waals surface area (Å²) in [5.41, 5.74) is 0.368. The molecule has 2 aliphatic heterocycles. The molecule has 2 fully saturated rings. The van der Waals surface area contributed by atoms with Gasteiger partial charge in [0.05, 0.1) is 17.7 Å². The predicted molar refractivity (Wildman–Crippen MR) is 114 cm³/mol. The Morgan fingerprint density at radius 2 is 2.17 bits per heavy atom. The Labute approximate surface area is 183 Å². The third-order valence-corrected chi connectivity index (χ3v) is 5.75. The Bertz CT molecular complexity index is 969. The maximum absolute atomic E-state index is 12.7. The summed E-state index contributed by atoms with van der Waals surface area (Å²) in [5, 5.41) is 4.09. The van der Waals surface area contributed by atoms with Gasteiger partial charge in [0, 0.05) is 12.7 Å². The highest BCUT2D eigenvalue weighted by molar-refractivity contribution is 7.80. The molecule has 0 bridgehead atoms. The van der Waals surface area contributed by atoms with E-state index in [1.165, 1.54) is 4.90 Å². The summed E-state index contributed by atoms with van der Waals surface area (Å²) in [7, 11) is 0. The highest BCUT2D eigenvalue weighted by Gasteiger charge is 2.33. The van der Waals surface area contributed by atoms with E-state index in [9.17, 15) is 4.79 Å². The van der Waals surface area contributed by atoms with E-state index in [2.05, 4.69) is 5.32 Å². The van der Waals surface area contributed by atoms with Gasteiger partial charge in [-0.15, -0.1) is 0 Å². The summed E-state index contributed by atoms with van der Waals surface area (Å²) in [6.45, 7) is 1.36. The molecule has 0 aliphatic carbocycles. The number of carbonyl (C=O) groups is 1. The number of thiocarbonyl (C=S) groups is 1. The van der Waals surface area contributed by atoms with Crippen molar-refractivity contribution < 1.29 is 18.7 Å².